The summed E-state index contributed by atoms with van der Waals surface area (Å²) >= 11 is 6.36. The Morgan fingerprint density at radius 3 is 2.60 bits per heavy atom. The maximum absolute atomic E-state index is 13.5. The van der Waals surface area contributed by atoms with Crippen LogP contribution in [0.5, 0.6) is 0 Å². The van der Waals surface area contributed by atoms with Crippen LogP contribution in [0, 0.1) is 11.6 Å². The average molecular weight is 319 g/mol. The van der Waals surface area contributed by atoms with Gasteiger partial charge in [0.05, 0.1) is 10.7 Å². The SMILES string of the molecule is O=C(Nc1c(F)cc(F)cc1Cl)c1csc(C(=O)O)n1. The van der Waals surface area contributed by atoms with Gasteiger partial charge in [0, 0.05) is 11.4 Å². The van der Waals surface area contributed by atoms with Crippen molar-refractivity contribution in [1.82, 2.24) is 4.98 Å². The third-order valence-electron chi connectivity index (χ3n) is 2.17. The first-order chi connectivity index (χ1) is 9.38. The molecular weight excluding hydrogens is 314 g/mol. The Hall–Kier alpha value is -2.06. The summed E-state index contributed by atoms with van der Waals surface area (Å²) in [5.74, 6) is -4.05. The molecule has 0 atom stereocenters. The summed E-state index contributed by atoms with van der Waals surface area (Å²) in [6, 6.07) is 1.40. The average Bonchev–Trinajstić information content (AvgIpc) is 2.83. The molecule has 0 aliphatic carbocycles. The molecule has 0 radical (unpaired) electrons. The van der Waals surface area contributed by atoms with Gasteiger partial charge in [0.2, 0.25) is 5.01 Å². The molecule has 20 heavy (non-hydrogen) atoms. The summed E-state index contributed by atoms with van der Waals surface area (Å²) < 4.78 is 26.3. The molecule has 2 aromatic rings. The molecule has 0 aliphatic heterocycles. The van der Waals surface area contributed by atoms with E-state index in [9.17, 15) is 18.4 Å². The number of carboxylic acids is 1. The van der Waals surface area contributed by atoms with E-state index >= 15 is 0 Å². The van der Waals surface area contributed by atoms with Gasteiger partial charge in [0.25, 0.3) is 5.91 Å². The van der Waals surface area contributed by atoms with Crippen LogP contribution in [0.2, 0.25) is 5.02 Å². The Morgan fingerprint density at radius 2 is 2.05 bits per heavy atom. The van der Waals surface area contributed by atoms with E-state index in [2.05, 4.69) is 10.3 Å². The molecule has 0 aliphatic rings. The van der Waals surface area contributed by atoms with Crippen molar-refractivity contribution in [3.63, 3.8) is 0 Å². The van der Waals surface area contributed by atoms with E-state index in [0.717, 1.165) is 17.4 Å². The first kappa shape index (κ1) is 14.4. The van der Waals surface area contributed by atoms with E-state index < -0.39 is 29.2 Å². The highest BCUT2D eigenvalue weighted by Gasteiger charge is 2.18. The van der Waals surface area contributed by atoms with Gasteiger partial charge in [-0.2, -0.15) is 0 Å². The number of thiazole rings is 1. The fourth-order valence-corrected chi connectivity index (χ4v) is 2.19. The molecule has 1 aromatic carbocycles. The smallest absolute Gasteiger partial charge is 0.365 e. The number of carboxylic acid groups (broad SMARTS) is 1. The predicted octanol–water partition coefficient (Wildman–Crippen LogP) is 3.03. The minimum atomic E-state index is -1.28. The van der Waals surface area contributed by atoms with Crippen LogP contribution in [0.25, 0.3) is 0 Å². The number of carbonyl (C=O) groups excluding carboxylic acids is 1. The number of aromatic nitrogens is 1. The molecule has 0 saturated carbocycles. The van der Waals surface area contributed by atoms with E-state index in [4.69, 9.17) is 16.7 Å². The van der Waals surface area contributed by atoms with Gasteiger partial charge < -0.3 is 10.4 Å². The minimum absolute atomic E-state index is 0.202. The van der Waals surface area contributed by atoms with E-state index in [1.807, 2.05) is 0 Å². The molecule has 104 valence electrons. The summed E-state index contributed by atoms with van der Waals surface area (Å²) in [5.41, 5.74) is -0.602. The van der Waals surface area contributed by atoms with Crippen molar-refractivity contribution in [2.75, 3.05) is 5.32 Å². The van der Waals surface area contributed by atoms with Gasteiger partial charge in [-0.1, -0.05) is 11.6 Å². The van der Waals surface area contributed by atoms with Crippen molar-refractivity contribution >= 4 is 40.5 Å². The van der Waals surface area contributed by atoms with Crippen molar-refractivity contribution in [1.29, 1.82) is 0 Å². The Labute approximate surface area is 119 Å². The number of carbonyl (C=O) groups is 2. The van der Waals surface area contributed by atoms with Gasteiger partial charge in [-0.3, -0.25) is 4.79 Å². The summed E-state index contributed by atoms with van der Waals surface area (Å²) in [6.07, 6.45) is 0. The van der Waals surface area contributed by atoms with E-state index in [1.54, 1.807) is 0 Å². The quantitative estimate of drug-likeness (QED) is 0.911. The van der Waals surface area contributed by atoms with Crippen molar-refractivity contribution < 1.29 is 23.5 Å². The second kappa shape index (κ2) is 5.51. The molecule has 1 aromatic heterocycles. The number of nitrogens with zero attached hydrogens (tertiary/aromatic N) is 1. The topological polar surface area (TPSA) is 79.3 Å². The molecule has 0 spiro atoms. The van der Waals surface area contributed by atoms with Crippen LogP contribution in [0.1, 0.15) is 20.3 Å². The summed E-state index contributed by atoms with van der Waals surface area (Å²) in [6.45, 7) is 0. The zero-order valence-corrected chi connectivity index (χ0v) is 11.1. The van der Waals surface area contributed by atoms with Gasteiger partial charge in [0.15, 0.2) is 5.82 Å². The van der Waals surface area contributed by atoms with Crippen molar-refractivity contribution in [2.45, 2.75) is 0 Å². The van der Waals surface area contributed by atoms with Crippen molar-refractivity contribution in [3.8, 4) is 0 Å². The van der Waals surface area contributed by atoms with Crippen LogP contribution < -0.4 is 5.32 Å². The third kappa shape index (κ3) is 2.91. The highest BCUT2D eigenvalue weighted by molar-refractivity contribution is 7.11. The Morgan fingerprint density at radius 1 is 1.35 bits per heavy atom. The van der Waals surface area contributed by atoms with Crippen LogP contribution >= 0.6 is 22.9 Å². The number of hydrogen-bond acceptors (Lipinski definition) is 4. The number of aromatic carboxylic acids is 1. The first-order valence-corrected chi connectivity index (χ1v) is 6.29. The molecular formula is C11H5ClF2N2O3S. The second-order valence-electron chi connectivity index (χ2n) is 3.54. The molecule has 0 unspecified atom stereocenters. The molecule has 0 fully saturated rings. The van der Waals surface area contributed by atoms with Gasteiger partial charge in [-0.25, -0.2) is 18.6 Å². The maximum Gasteiger partial charge on any atom is 0.365 e. The number of benzene rings is 1. The number of rotatable bonds is 3. The highest BCUT2D eigenvalue weighted by Crippen LogP contribution is 2.27. The van der Waals surface area contributed by atoms with E-state index in [0.29, 0.717) is 6.07 Å². The summed E-state index contributed by atoms with van der Waals surface area (Å²) in [4.78, 5) is 25.9. The molecule has 1 heterocycles. The van der Waals surface area contributed by atoms with Crippen LogP contribution in [-0.2, 0) is 0 Å². The molecule has 0 bridgehead atoms. The maximum atomic E-state index is 13.5. The lowest BCUT2D eigenvalue weighted by Gasteiger charge is -2.07. The largest absolute Gasteiger partial charge is 0.476 e. The number of anilines is 1. The predicted molar refractivity (Wildman–Crippen MR) is 68.4 cm³/mol. The number of nitrogens with one attached hydrogen (secondary N) is 1. The number of halogens is 3. The van der Waals surface area contributed by atoms with E-state index in [1.165, 1.54) is 5.38 Å². The Bertz CT molecular complexity index is 682. The lowest BCUT2D eigenvalue weighted by atomic mass is 10.3. The Kier molecular flexibility index (Phi) is 3.96. The van der Waals surface area contributed by atoms with Crippen LogP contribution in [0.3, 0.4) is 0 Å². The molecule has 1 amide bonds. The zero-order chi connectivity index (χ0) is 14.9. The second-order valence-corrected chi connectivity index (χ2v) is 4.81. The molecule has 0 saturated heterocycles. The Balaban J connectivity index is 2.25. The summed E-state index contributed by atoms with van der Waals surface area (Å²) in [7, 11) is 0. The van der Waals surface area contributed by atoms with Crippen LogP contribution in [0.4, 0.5) is 14.5 Å². The fraction of sp³-hybridized carbons (Fsp3) is 0. The molecule has 5 nitrogen and oxygen atoms in total. The minimum Gasteiger partial charge on any atom is -0.476 e. The molecule has 9 heteroatoms. The van der Waals surface area contributed by atoms with Crippen molar-refractivity contribution in [3.05, 3.63) is 44.9 Å². The highest BCUT2D eigenvalue weighted by atomic mass is 35.5. The fourth-order valence-electron chi connectivity index (χ4n) is 1.32. The first-order valence-electron chi connectivity index (χ1n) is 5.03. The van der Waals surface area contributed by atoms with Crippen molar-refractivity contribution in [2.24, 2.45) is 0 Å². The van der Waals surface area contributed by atoms with E-state index in [-0.39, 0.29) is 15.7 Å². The van der Waals surface area contributed by atoms with Crippen LogP contribution in [0.15, 0.2) is 17.5 Å². The normalized spacial score (nSPS) is 10.3. The lowest BCUT2D eigenvalue weighted by Crippen LogP contribution is -2.14. The van der Waals surface area contributed by atoms with Crippen LogP contribution in [-0.4, -0.2) is 22.0 Å². The summed E-state index contributed by atoms with van der Waals surface area (Å²) in [5, 5.41) is 11.4. The zero-order valence-electron chi connectivity index (χ0n) is 9.49. The molecule has 2 N–H and O–H groups in total. The van der Waals surface area contributed by atoms with Gasteiger partial charge >= 0.3 is 5.97 Å². The standard InChI is InChI=1S/C11H5ClF2N2O3S/c12-5-1-4(13)2-6(14)8(5)16-9(17)7-3-20-10(15-7)11(18)19/h1-3H,(H,16,17)(H,18,19). The van der Waals surface area contributed by atoms with Gasteiger partial charge in [-0.05, 0) is 6.07 Å². The monoisotopic (exact) mass is 318 g/mol. The number of hydrogen-bond donors (Lipinski definition) is 2. The lowest BCUT2D eigenvalue weighted by molar-refractivity contribution is 0.0696. The third-order valence-corrected chi connectivity index (χ3v) is 3.29. The van der Waals surface area contributed by atoms with Gasteiger partial charge in [0.1, 0.15) is 11.5 Å². The van der Waals surface area contributed by atoms with Gasteiger partial charge in [-0.15, -0.1) is 11.3 Å². The number of amides is 1. The molecule has 2 rings (SSSR count).